The second kappa shape index (κ2) is 13.9. The number of quaternary nitrogens is 1. The summed E-state index contributed by atoms with van der Waals surface area (Å²) in [5.74, 6) is 1.81. The van der Waals surface area contributed by atoms with Crippen LogP contribution in [0, 0.1) is 0 Å². The van der Waals surface area contributed by atoms with Gasteiger partial charge in [0.1, 0.15) is 41.4 Å². The molecule has 0 aliphatic rings. The molecule has 0 bridgehead atoms. The van der Waals surface area contributed by atoms with Gasteiger partial charge in [-0.15, -0.1) is 0 Å². The van der Waals surface area contributed by atoms with Crippen molar-refractivity contribution in [3.8, 4) is 34.3 Å². The van der Waals surface area contributed by atoms with E-state index in [1.165, 1.54) is 17.7 Å². The van der Waals surface area contributed by atoms with E-state index in [0.717, 1.165) is 30.3 Å². The lowest BCUT2D eigenvalue weighted by molar-refractivity contribution is -0.870. The molecule has 8 heteroatoms. The number of rotatable bonds is 12. The number of benzene rings is 3. The molecular formula is C32H38INO6. The van der Waals surface area contributed by atoms with E-state index in [0.29, 0.717) is 35.2 Å². The fourth-order valence-electron chi connectivity index (χ4n) is 4.34. The molecule has 1 heterocycles. The van der Waals surface area contributed by atoms with Crippen molar-refractivity contribution in [3.63, 3.8) is 0 Å². The Labute approximate surface area is 252 Å². The van der Waals surface area contributed by atoms with Crippen LogP contribution in [0.5, 0.6) is 23.0 Å². The van der Waals surface area contributed by atoms with Gasteiger partial charge in [-0.05, 0) is 49.9 Å². The van der Waals surface area contributed by atoms with Crippen LogP contribution in [0.15, 0.2) is 75.9 Å². The molecule has 0 saturated heterocycles. The van der Waals surface area contributed by atoms with Crippen LogP contribution in [0.2, 0.25) is 0 Å². The Morgan fingerprint density at radius 1 is 0.975 bits per heavy atom. The molecule has 0 amide bonds. The first-order valence-corrected chi connectivity index (χ1v) is 13.3. The molecule has 4 aromatic rings. The van der Waals surface area contributed by atoms with Gasteiger partial charge in [-0.1, -0.05) is 30.3 Å². The van der Waals surface area contributed by atoms with Crippen LogP contribution in [0.4, 0.5) is 0 Å². The maximum atomic E-state index is 13.0. The highest BCUT2D eigenvalue weighted by molar-refractivity contribution is 5.86. The molecule has 0 aliphatic carbocycles. The Balaban J connectivity index is 0.00000441. The zero-order valence-electron chi connectivity index (χ0n) is 23.8. The Morgan fingerprint density at radius 2 is 1.73 bits per heavy atom. The zero-order chi connectivity index (χ0) is 28.0. The zero-order valence-corrected chi connectivity index (χ0v) is 25.9. The Kier molecular flexibility index (Phi) is 10.9. The predicted octanol–water partition coefficient (Wildman–Crippen LogP) is 3.05. The first-order valence-electron chi connectivity index (χ1n) is 13.3. The Hall–Kier alpha value is -3.24. The summed E-state index contributed by atoms with van der Waals surface area (Å²) >= 11 is 0. The Bertz CT molecular complexity index is 1460. The van der Waals surface area contributed by atoms with Crippen molar-refractivity contribution in [2.45, 2.75) is 32.3 Å². The summed E-state index contributed by atoms with van der Waals surface area (Å²) < 4.78 is 24.5. The standard InChI is InChI=1S/C32H37NO6.HI/c1-22(10-9-13-23-11-7-6-8-12-23)38-30-18-24(14-15-28(30)36-5)29-21-27(35)32-26(34)19-25(20-31(32)39-29)37-17-16-33(2,3)4;/h6-8,11-12,14-15,18-22H,9-10,13,16-17H2,1-5H3;1H. The van der Waals surface area contributed by atoms with Gasteiger partial charge in [0.05, 0.1) is 34.4 Å². The van der Waals surface area contributed by atoms with Gasteiger partial charge in [-0.25, -0.2) is 0 Å². The van der Waals surface area contributed by atoms with Crippen LogP contribution in [-0.2, 0) is 6.42 Å². The molecule has 0 aliphatic heterocycles. The maximum absolute atomic E-state index is 13.0. The average molecular weight is 660 g/mol. The van der Waals surface area contributed by atoms with Crippen molar-refractivity contribution in [2.24, 2.45) is 0 Å². The van der Waals surface area contributed by atoms with Gasteiger partial charge >= 0.3 is 0 Å². The van der Waals surface area contributed by atoms with E-state index < -0.39 is 0 Å². The number of aryl methyl sites for hydroxylation is 1. The molecule has 1 unspecified atom stereocenters. The van der Waals surface area contributed by atoms with E-state index in [4.69, 9.17) is 18.6 Å². The lowest BCUT2D eigenvalue weighted by Crippen LogP contribution is -3.00. The van der Waals surface area contributed by atoms with Gasteiger partial charge in [-0.2, -0.15) is 0 Å². The highest BCUT2D eigenvalue weighted by atomic mass is 127. The molecule has 0 spiro atoms. The van der Waals surface area contributed by atoms with Gasteiger partial charge in [0, 0.05) is 23.8 Å². The van der Waals surface area contributed by atoms with Crippen molar-refractivity contribution in [1.29, 1.82) is 0 Å². The number of phenolic OH excluding ortho intramolecular Hbond substituents is 1. The topological polar surface area (TPSA) is 78.1 Å². The smallest absolute Gasteiger partial charge is 0.197 e. The summed E-state index contributed by atoms with van der Waals surface area (Å²) in [5, 5.41) is 10.6. The molecule has 1 aromatic heterocycles. The minimum Gasteiger partial charge on any atom is -1.00 e. The first kappa shape index (κ1) is 31.3. The normalized spacial score (nSPS) is 12.0. The van der Waals surface area contributed by atoms with Crippen molar-refractivity contribution in [1.82, 2.24) is 0 Å². The number of nitrogens with zero attached hydrogens (tertiary/aromatic N) is 1. The van der Waals surface area contributed by atoms with Crippen LogP contribution in [0.3, 0.4) is 0 Å². The van der Waals surface area contributed by atoms with Crippen LogP contribution >= 0.6 is 0 Å². The SMILES string of the molecule is COc1ccc(-c2cc(=O)c3c(O)cc(OCC[N+](C)(C)C)cc3o2)cc1OC(C)CCCc1ccccc1.[I-]. The number of aromatic hydroxyl groups is 1. The molecule has 0 saturated carbocycles. The fourth-order valence-corrected chi connectivity index (χ4v) is 4.34. The second-order valence-electron chi connectivity index (χ2n) is 10.8. The summed E-state index contributed by atoms with van der Waals surface area (Å²) in [5.41, 5.74) is 1.89. The highest BCUT2D eigenvalue weighted by Gasteiger charge is 2.16. The fraction of sp³-hybridized carbons (Fsp3) is 0.344. The summed E-state index contributed by atoms with van der Waals surface area (Å²) in [6, 6.07) is 20.3. The van der Waals surface area contributed by atoms with Crippen molar-refractivity contribution >= 4 is 11.0 Å². The van der Waals surface area contributed by atoms with Crippen LogP contribution in [0.1, 0.15) is 25.3 Å². The number of hydrogen-bond donors (Lipinski definition) is 1. The van der Waals surface area contributed by atoms with Crippen molar-refractivity contribution < 1.29 is 52.2 Å². The monoisotopic (exact) mass is 659 g/mol. The van der Waals surface area contributed by atoms with E-state index in [1.54, 1.807) is 19.2 Å². The van der Waals surface area contributed by atoms with E-state index in [-0.39, 0.29) is 52.2 Å². The van der Waals surface area contributed by atoms with E-state index in [2.05, 4.69) is 45.4 Å². The van der Waals surface area contributed by atoms with Crippen LogP contribution < -0.4 is 43.6 Å². The van der Waals surface area contributed by atoms with Crippen LogP contribution in [-0.4, -0.2) is 57.1 Å². The predicted molar refractivity (Wildman–Crippen MR) is 154 cm³/mol. The molecule has 3 aromatic carbocycles. The number of halogens is 1. The van der Waals surface area contributed by atoms with Crippen molar-refractivity contribution in [2.75, 3.05) is 41.4 Å². The molecule has 0 radical (unpaired) electrons. The third-order valence-electron chi connectivity index (χ3n) is 6.51. The number of likely N-dealkylation sites (N-methyl/N-ethyl adjacent to an activating group) is 1. The number of ether oxygens (including phenoxy) is 3. The largest absolute Gasteiger partial charge is 1.00 e. The van der Waals surface area contributed by atoms with Crippen molar-refractivity contribution in [3.05, 3.63) is 82.5 Å². The minimum atomic E-state index is -0.339. The molecule has 7 nitrogen and oxygen atoms in total. The molecule has 40 heavy (non-hydrogen) atoms. The summed E-state index contributed by atoms with van der Waals surface area (Å²) in [7, 11) is 7.82. The van der Waals surface area contributed by atoms with Gasteiger partial charge < -0.3 is 52.2 Å². The summed E-state index contributed by atoms with van der Waals surface area (Å²) in [6.45, 7) is 3.28. The summed E-state index contributed by atoms with van der Waals surface area (Å²) in [6.07, 6.45) is 2.82. The molecule has 214 valence electrons. The van der Waals surface area contributed by atoms with Gasteiger partial charge in [0.2, 0.25) is 0 Å². The van der Waals surface area contributed by atoms with Crippen LogP contribution in [0.25, 0.3) is 22.3 Å². The third kappa shape index (κ3) is 8.38. The molecule has 1 atom stereocenters. The highest BCUT2D eigenvalue weighted by Crippen LogP contribution is 2.36. The molecule has 1 N–H and O–H groups in total. The molecular weight excluding hydrogens is 621 g/mol. The summed E-state index contributed by atoms with van der Waals surface area (Å²) in [4.78, 5) is 13.0. The van der Waals surface area contributed by atoms with E-state index in [1.807, 2.05) is 25.1 Å². The second-order valence-corrected chi connectivity index (χ2v) is 10.8. The lowest BCUT2D eigenvalue weighted by atomic mass is 10.1. The number of phenols is 1. The quantitative estimate of drug-likeness (QED) is 0.186. The minimum absolute atomic E-state index is 0. The molecule has 0 fully saturated rings. The molecule has 4 rings (SSSR count). The number of methoxy groups -OCH3 is 1. The number of hydrogen-bond acceptors (Lipinski definition) is 6. The van der Waals surface area contributed by atoms with E-state index in [9.17, 15) is 9.90 Å². The lowest BCUT2D eigenvalue weighted by Gasteiger charge is -2.23. The van der Waals surface area contributed by atoms with Gasteiger partial charge in [-0.3, -0.25) is 4.79 Å². The maximum Gasteiger partial charge on any atom is 0.197 e. The number of fused-ring (bicyclic) bond motifs is 1. The average Bonchev–Trinajstić information content (AvgIpc) is 2.88. The van der Waals surface area contributed by atoms with Gasteiger partial charge in [0.25, 0.3) is 0 Å². The Morgan fingerprint density at radius 3 is 2.42 bits per heavy atom. The third-order valence-corrected chi connectivity index (χ3v) is 6.51. The van der Waals surface area contributed by atoms with E-state index >= 15 is 0 Å². The van der Waals surface area contributed by atoms with Gasteiger partial charge in [0.15, 0.2) is 16.9 Å². The first-order chi connectivity index (χ1) is 18.6.